The zero-order valence-corrected chi connectivity index (χ0v) is 9.20. The Morgan fingerprint density at radius 2 is 2.07 bits per heavy atom. The topological polar surface area (TPSA) is 20.2 Å². The minimum atomic E-state index is -0.295. The van der Waals surface area contributed by atoms with E-state index in [-0.39, 0.29) is 6.10 Å². The average molecular weight is 208 g/mol. The van der Waals surface area contributed by atoms with Gasteiger partial charge in [-0.1, -0.05) is 43.3 Å². The first-order valence-corrected chi connectivity index (χ1v) is 5.77. The predicted molar refractivity (Wildman–Crippen MR) is 62.4 cm³/mol. The Morgan fingerprint density at radius 3 is 2.71 bits per heavy atom. The third kappa shape index (κ3) is 4.49. The minimum absolute atomic E-state index is 0.295. The molecule has 0 spiro atoms. The average Bonchev–Trinajstić information content (AvgIpc) is 2.20. The first-order valence-electron chi connectivity index (χ1n) is 4.89. The summed E-state index contributed by atoms with van der Waals surface area (Å²) < 4.78 is 0. The van der Waals surface area contributed by atoms with Gasteiger partial charge in [0.15, 0.2) is 0 Å². The molecule has 0 aliphatic rings. The van der Waals surface area contributed by atoms with Crippen molar-refractivity contribution in [3.63, 3.8) is 0 Å². The Hall–Kier alpha value is -0.730. The molecule has 0 bridgehead atoms. The normalized spacial score (nSPS) is 13.3. The molecule has 0 radical (unpaired) electrons. The molecule has 0 saturated heterocycles. The number of hydrogen-bond acceptors (Lipinski definition) is 2. The predicted octanol–water partition coefficient (Wildman–Crippen LogP) is 3.45. The van der Waals surface area contributed by atoms with Gasteiger partial charge in [0.2, 0.25) is 0 Å². The lowest BCUT2D eigenvalue weighted by Crippen LogP contribution is -1.99. The van der Waals surface area contributed by atoms with Crippen LogP contribution in [0.3, 0.4) is 0 Å². The van der Waals surface area contributed by atoms with Crippen LogP contribution in [-0.2, 0) is 0 Å². The molecule has 0 aromatic heterocycles. The van der Waals surface area contributed by atoms with E-state index in [1.54, 1.807) is 11.8 Å². The van der Waals surface area contributed by atoms with Crippen molar-refractivity contribution in [2.24, 2.45) is 0 Å². The number of rotatable bonds is 5. The lowest BCUT2D eigenvalue weighted by atomic mass is 10.2. The van der Waals surface area contributed by atoms with Crippen LogP contribution in [0.2, 0.25) is 0 Å². The van der Waals surface area contributed by atoms with Crippen molar-refractivity contribution in [1.82, 2.24) is 0 Å². The van der Waals surface area contributed by atoms with Crippen LogP contribution in [0.4, 0.5) is 0 Å². The summed E-state index contributed by atoms with van der Waals surface area (Å²) >= 11 is 1.63. The van der Waals surface area contributed by atoms with Gasteiger partial charge in [-0.2, -0.15) is 0 Å². The highest BCUT2D eigenvalue weighted by Gasteiger charge is 1.95. The monoisotopic (exact) mass is 208 g/mol. The molecule has 1 nitrogen and oxygen atoms in total. The molecule has 0 amide bonds. The summed E-state index contributed by atoms with van der Waals surface area (Å²) in [5.41, 5.74) is 0. The maximum Gasteiger partial charge on any atom is 0.0728 e. The zero-order chi connectivity index (χ0) is 10.2. The van der Waals surface area contributed by atoms with Crippen molar-refractivity contribution in [2.75, 3.05) is 0 Å². The summed E-state index contributed by atoms with van der Waals surface area (Å²) in [4.78, 5) is 1.20. The molecule has 0 heterocycles. The Bertz CT molecular complexity index is 269. The van der Waals surface area contributed by atoms with Gasteiger partial charge in [0.1, 0.15) is 0 Å². The third-order valence-electron chi connectivity index (χ3n) is 1.83. The van der Waals surface area contributed by atoms with Crippen LogP contribution >= 0.6 is 11.8 Å². The van der Waals surface area contributed by atoms with Crippen molar-refractivity contribution >= 4 is 11.8 Å². The maximum atomic E-state index is 9.43. The van der Waals surface area contributed by atoms with Crippen LogP contribution in [0.15, 0.2) is 46.7 Å². The highest BCUT2D eigenvalue weighted by Crippen LogP contribution is 2.18. The molecule has 2 heteroatoms. The van der Waals surface area contributed by atoms with Gasteiger partial charge in [-0.15, -0.1) is 0 Å². The van der Waals surface area contributed by atoms with Crippen LogP contribution in [0, 0.1) is 0 Å². The molecule has 1 aromatic rings. The van der Waals surface area contributed by atoms with E-state index >= 15 is 0 Å². The van der Waals surface area contributed by atoms with Crippen LogP contribution in [0.5, 0.6) is 0 Å². The Kier molecular flexibility index (Phi) is 5.42. The lowest BCUT2D eigenvalue weighted by Gasteiger charge is -2.01. The first kappa shape index (κ1) is 11.3. The molecular weight excluding hydrogens is 192 g/mol. The number of aliphatic hydroxyl groups excluding tert-OH is 1. The van der Waals surface area contributed by atoms with E-state index in [0.717, 1.165) is 12.8 Å². The first-order chi connectivity index (χ1) is 6.83. The fourth-order valence-corrected chi connectivity index (χ4v) is 1.83. The van der Waals surface area contributed by atoms with E-state index in [1.807, 2.05) is 29.7 Å². The molecule has 0 aliphatic carbocycles. The smallest absolute Gasteiger partial charge is 0.0728 e. The van der Waals surface area contributed by atoms with Gasteiger partial charge in [0.25, 0.3) is 0 Å². The van der Waals surface area contributed by atoms with E-state index in [2.05, 4.69) is 19.1 Å². The van der Waals surface area contributed by atoms with E-state index in [1.165, 1.54) is 4.90 Å². The molecule has 14 heavy (non-hydrogen) atoms. The van der Waals surface area contributed by atoms with E-state index in [9.17, 15) is 5.11 Å². The third-order valence-corrected chi connectivity index (χ3v) is 2.67. The number of benzene rings is 1. The number of thioether (sulfide) groups is 1. The summed E-state index contributed by atoms with van der Waals surface area (Å²) in [6.07, 6.45) is 3.41. The largest absolute Gasteiger partial charge is 0.389 e. The maximum absolute atomic E-state index is 9.43. The minimum Gasteiger partial charge on any atom is -0.389 e. The molecule has 1 atom stereocenters. The quantitative estimate of drug-likeness (QED) is 0.748. The van der Waals surface area contributed by atoms with Crippen molar-refractivity contribution in [2.45, 2.75) is 30.8 Å². The van der Waals surface area contributed by atoms with Crippen molar-refractivity contribution in [1.29, 1.82) is 0 Å². The van der Waals surface area contributed by atoms with Gasteiger partial charge in [0.05, 0.1) is 6.10 Å². The summed E-state index contributed by atoms with van der Waals surface area (Å²) in [6, 6.07) is 10.1. The van der Waals surface area contributed by atoms with Gasteiger partial charge in [0, 0.05) is 4.90 Å². The molecule has 0 aliphatic heterocycles. The fourth-order valence-electron chi connectivity index (χ4n) is 1.10. The SMILES string of the molecule is CCCC(O)/C=C/Sc1ccccc1. The van der Waals surface area contributed by atoms with E-state index in [4.69, 9.17) is 0 Å². The molecule has 0 fully saturated rings. The van der Waals surface area contributed by atoms with Gasteiger partial charge < -0.3 is 5.11 Å². The van der Waals surface area contributed by atoms with Gasteiger partial charge in [-0.25, -0.2) is 0 Å². The molecule has 76 valence electrons. The molecular formula is C12H16OS. The second-order valence-corrected chi connectivity index (χ2v) is 4.09. The molecule has 1 aromatic carbocycles. The summed E-state index contributed by atoms with van der Waals surface area (Å²) in [5, 5.41) is 11.4. The second-order valence-electron chi connectivity index (χ2n) is 3.12. The van der Waals surface area contributed by atoms with Gasteiger partial charge in [-0.3, -0.25) is 0 Å². The van der Waals surface area contributed by atoms with Crippen LogP contribution in [0.1, 0.15) is 19.8 Å². The van der Waals surface area contributed by atoms with Crippen molar-refractivity contribution < 1.29 is 5.11 Å². The highest BCUT2D eigenvalue weighted by molar-refractivity contribution is 8.02. The van der Waals surface area contributed by atoms with Gasteiger partial charge in [-0.05, 0) is 30.0 Å². The standard InChI is InChI=1S/C12H16OS/c1-2-6-11(13)9-10-14-12-7-4-3-5-8-12/h3-5,7-11,13H,2,6H2,1H3/b10-9+. The molecule has 1 unspecified atom stereocenters. The summed E-state index contributed by atoms with van der Waals surface area (Å²) in [6.45, 7) is 2.07. The molecule has 0 saturated carbocycles. The second kappa shape index (κ2) is 6.68. The Labute approximate surface area is 89.8 Å². The molecule has 1 N–H and O–H groups in total. The molecule has 1 rings (SSSR count). The Morgan fingerprint density at radius 1 is 1.36 bits per heavy atom. The lowest BCUT2D eigenvalue weighted by molar-refractivity contribution is 0.212. The van der Waals surface area contributed by atoms with Crippen molar-refractivity contribution in [3.05, 3.63) is 41.8 Å². The summed E-state index contributed by atoms with van der Waals surface area (Å²) in [5.74, 6) is 0. The number of aliphatic hydroxyl groups is 1. The van der Waals surface area contributed by atoms with E-state index < -0.39 is 0 Å². The highest BCUT2D eigenvalue weighted by atomic mass is 32.2. The summed E-state index contributed by atoms with van der Waals surface area (Å²) in [7, 11) is 0. The van der Waals surface area contributed by atoms with E-state index in [0.29, 0.717) is 0 Å². The van der Waals surface area contributed by atoms with Crippen LogP contribution in [-0.4, -0.2) is 11.2 Å². The fraction of sp³-hybridized carbons (Fsp3) is 0.333. The van der Waals surface area contributed by atoms with Crippen molar-refractivity contribution in [3.8, 4) is 0 Å². The Balaban J connectivity index is 2.33. The van der Waals surface area contributed by atoms with Gasteiger partial charge >= 0.3 is 0 Å². The van der Waals surface area contributed by atoms with Crippen LogP contribution in [0.25, 0.3) is 0 Å². The van der Waals surface area contributed by atoms with Crippen LogP contribution < -0.4 is 0 Å². The zero-order valence-electron chi connectivity index (χ0n) is 8.39. The number of hydrogen-bond donors (Lipinski definition) is 1.